The molecule has 0 saturated carbocycles. The van der Waals surface area contributed by atoms with Crippen LogP contribution in [0.3, 0.4) is 0 Å². The summed E-state index contributed by atoms with van der Waals surface area (Å²) in [6.45, 7) is 7.83. The average molecular weight is 404 g/mol. The molecular weight excluding hydrogens is 384 g/mol. The van der Waals surface area contributed by atoms with Gasteiger partial charge in [0.25, 0.3) is 0 Å². The highest BCUT2D eigenvalue weighted by Crippen LogP contribution is 2.39. The largest absolute Gasteiger partial charge is 0.506 e. The molecule has 1 aliphatic rings. The normalized spacial score (nSPS) is 17.9. The van der Waals surface area contributed by atoms with E-state index in [0.717, 1.165) is 53.5 Å². The Bertz CT molecular complexity index is 473. The monoisotopic (exact) mass is 402 g/mol. The maximum Gasteiger partial charge on any atom is 0.134 e. The van der Waals surface area contributed by atoms with Gasteiger partial charge < -0.3 is 10.4 Å². The summed E-state index contributed by atoms with van der Waals surface area (Å²) >= 11 is 6.94. The van der Waals surface area contributed by atoms with Gasteiger partial charge in [-0.1, -0.05) is 22.0 Å². The third-order valence-corrected chi connectivity index (χ3v) is 4.72. The van der Waals surface area contributed by atoms with Gasteiger partial charge in [0.1, 0.15) is 5.75 Å². The van der Waals surface area contributed by atoms with Crippen molar-refractivity contribution in [3.05, 3.63) is 39.3 Å². The fourth-order valence-corrected chi connectivity index (χ4v) is 3.90. The molecule has 0 bridgehead atoms. The van der Waals surface area contributed by atoms with E-state index in [9.17, 15) is 5.11 Å². The van der Waals surface area contributed by atoms with Gasteiger partial charge in [-0.25, -0.2) is 0 Å². The van der Waals surface area contributed by atoms with Crippen LogP contribution in [-0.2, 0) is 0 Å². The third-order valence-electron chi connectivity index (χ3n) is 3.65. The lowest BCUT2D eigenvalue weighted by Gasteiger charge is -2.35. The number of hydrogen-bond acceptors (Lipinski definition) is 3. The zero-order valence-corrected chi connectivity index (χ0v) is 14.6. The Balaban J connectivity index is 2.31. The molecule has 1 aromatic rings. The predicted molar refractivity (Wildman–Crippen MR) is 90.1 cm³/mol. The van der Waals surface area contributed by atoms with Crippen molar-refractivity contribution in [2.45, 2.75) is 18.9 Å². The summed E-state index contributed by atoms with van der Waals surface area (Å²) in [7, 11) is 0. The first-order chi connectivity index (χ1) is 9.63. The Morgan fingerprint density at radius 2 is 2.05 bits per heavy atom. The Morgan fingerprint density at radius 1 is 1.35 bits per heavy atom. The van der Waals surface area contributed by atoms with Crippen LogP contribution in [0.4, 0.5) is 0 Å². The summed E-state index contributed by atoms with van der Waals surface area (Å²) in [5.74, 6) is 0.348. The van der Waals surface area contributed by atoms with Crippen LogP contribution >= 0.6 is 31.9 Å². The van der Waals surface area contributed by atoms with Gasteiger partial charge in [-0.2, -0.15) is 0 Å². The minimum absolute atomic E-state index is 0.226. The van der Waals surface area contributed by atoms with Gasteiger partial charge in [-0.15, -0.1) is 6.58 Å². The molecule has 5 heteroatoms. The number of hydrogen-bond donors (Lipinski definition) is 2. The van der Waals surface area contributed by atoms with Crippen LogP contribution in [0.1, 0.15) is 24.4 Å². The van der Waals surface area contributed by atoms with E-state index >= 15 is 0 Å². The molecule has 0 aliphatic carbocycles. The number of nitrogens with one attached hydrogen (secondary N) is 1. The van der Waals surface area contributed by atoms with Crippen molar-refractivity contribution in [1.29, 1.82) is 0 Å². The lowest BCUT2D eigenvalue weighted by atomic mass is 9.98. The zero-order chi connectivity index (χ0) is 14.5. The summed E-state index contributed by atoms with van der Waals surface area (Å²) < 4.78 is 1.72. The van der Waals surface area contributed by atoms with Gasteiger partial charge in [0, 0.05) is 42.3 Å². The van der Waals surface area contributed by atoms with Crippen molar-refractivity contribution in [3.8, 4) is 5.75 Å². The predicted octanol–water partition coefficient (Wildman–Crippen LogP) is 3.83. The number of nitrogens with zero attached hydrogens (tertiary/aromatic N) is 1. The second-order valence-electron chi connectivity index (χ2n) is 4.99. The number of phenols is 1. The summed E-state index contributed by atoms with van der Waals surface area (Å²) in [4.78, 5) is 2.44. The van der Waals surface area contributed by atoms with Gasteiger partial charge in [-0.3, -0.25) is 4.90 Å². The van der Waals surface area contributed by atoms with E-state index in [4.69, 9.17) is 0 Å². The molecule has 0 radical (unpaired) electrons. The van der Waals surface area contributed by atoms with Crippen LogP contribution in [0.15, 0.2) is 33.7 Å². The van der Waals surface area contributed by atoms with Crippen LogP contribution in [0.2, 0.25) is 0 Å². The lowest BCUT2D eigenvalue weighted by molar-refractivity contribution is 0.163. The highest BCUT2D eigenvalue weighted by Gasteiger charge is 2.25. The molecule has 2 N–H and O–H groups in total. The van der Waals surface area contributed by atoms with E-state index in [1.807, 2.05) is 18.2 Å². The second kappa shape index (κ2) is 7.59. The van der Waals surface area contributed by atoms with Crippen LogP contribution in [0.25, 0.3) is 0 Å². The van der Waals surface area contributed by atoms with E-state index in [-0.39, 0.29) is 6.04 Å². The molecule has 0 unspecified atom stereocenters. The van der Waals surface area contributed by atoms with Crippen molar-refractivity contribution in [3.63, 3.8) is 0 Å². The quantitative estimate of drug-likeness (QED) is 0.733. The Labute approximate surface area is 137 Å². The average Bonchev–Trinajstić information content (AvgIpc) is 2.45. The lowest BCUT2D eigenvalue weighted by Crippen LogP contribution is -2.45. The number of halogens is 2. The number of aromatic hydroxyl groups is 1. The smallest absolute Gasteiger partial charge is 0.134 e. The van der Waals surface area contributed by atoms with Crippen LogP contribution in [-0.4, -0.2) is 36.2 Å². The van der Waals surface area contributed by atoms with E-state index in [1.54, 1.807) is 0 Å². The molecule has 2 rings (SSSR count). The molecule has 0 spiro atoms. The first kappa shape index (κ1) is 16.0. The molecule has 1 saturated heterocycles. The molecule has 0 aromatic heterocycles. The summed E-state index contributed by atoms with van der Waals surface area (Å²) in [5, 5.41) is 13.8. The Kier molecular flexibility index (Phi) is 6.08. The zero-order valence-electron chi connectivity index (χ0n) is 11.4. The van der Waals surface area contributed by atoms with E-state index in [2.05, 4.69) is 48.7 Å². The van der Waals surface area contributed by atoms with Gasteiger partial charge in [-0.05, 0) is 40.9 Å². The Hall–Kier alpha value is -0.360. The fraction of sp³-hybridized carbons (Fsp3) is 0.467. The molecule has 1 fully saturated rings. The van der Waals surface area contributed by atoms with E-state index in [0.29, 0.717) is 5.75 Å². The SMILES string of the molecule is C=CCC[C@@H](c1cc(Br)cc(Br)c1O)N1CCNCC1. The molecule has 20 heavy (non-hydrogen) atoms. The third kappa shape index (κ3) is 3.85. The van der Waals surface area contributed by atoms with Crippen molar-refractivity contribution < 1.29 is 5.11 Å². The molecule has 1 atom stereocenters. The molecule has 1 aromatic carbocycles. The molecule has 1 heterocycles. The van der Waals surface area contributed by atoms with Crippen molar-refractivity contribution in [2.24, 2.45) is 0 Å². The summed E-state index contributed by atoms with van der Waals surface area (Å²) in [6.07, 6.45) is 3.86. The minimum atomic E-state index is 0.226. The number of piperazine rings is 1. The topological polar surface area (TPSA) is 35.5 Å². The van der Waals surface area contributed by atoms with Crippen LogP contribution in [0.5, 0.6) is 5.75 Å². The van der Waals surface area contributed by atoms with Crippen LogP contribution < -0.4 is 5.32 Å². The minimum Gasteiger partial charge on any atom is -0.506 e. The first-order valence-corrected chi connectivity index (χ1v) is 8.45. The van der Waals surface area contributed by atoms with E-state index in [1.165, 1.54) is 0 Å². The van der Waals surface area contributed by atoms with E-state index < -0.39 is 0 Å². The standard InChI is InChI=1S/C15H20Br2N2O/c1-2-3-4-14(19-7-5-18-6-8-19)12-9-11(16)10-13(17)15(12)20/h2,9-10,14,18,20H,1,3-8H2/t14-/m0/s1. The number of rotatable bonds is 5. The number of allylic oxidation sites excluding steroid dienone is 1. The van der Waals surface area contributed by atoms with Crippen molar-refractivity contribution in [2.75, 3.05) is 26.2 Å². The van der Waals surface area contributed by atoms with Gasteiger partial charge in [0.2, 0.25) is 0 Å². The van der Waals surface area contributed by atoms with Crippen molar-refractivity contribution in [1.82, 2.24) is 10.2 Å². The molecule has 0 amide bonds. The van der Waals surface area contributed by atoms with Gasteiger partial charge in [0.05, 0.1) is 4.47 Å². The fourth-order valence-electron chi connectivity index (χ4n) is 2.64. The van der Waals surface area contributed by atoms with Crippen molar-refractivity contribution >= 4 is 31.9 Å². The molecular formula is C15H20Br2N2O. The maximum atomic E-state index is 10.4. The summed E-state index contributed by atoms with van der Waals surface area (Å²) in [6, 6.07) is 4.13. The maximum absolute atomic E-state index is 10.4. The number of benzene rings is 1. The highest BCUT2D eigenvalue weighted by molar-refractivity contribution is 9.11. The Morgan fingerprint density at radius 3 is 2.70 bits per heavy atom. The second-order valence-corrected chi connectivity index (χ2v) is 6.76. The number of phenolic OH excluding ortho intramolecular Hbond substituents is 1. The molecule has 1 aliphatic heterocycles. The highest BCUT2D eigenvalue weighted by atomic mass is 79.9. The molecule has 3 nitrogen and oxygen atoms in total. The summed E-state index contributed by atoms with van der Waals surface area (Å²) in [5.41, 5.74) is 0.981. The molecule has 110 valence electrons. The van der Waals surface area contributed by atoms with Gasteiger partial charge >= 0.3 is 0 Å². The first-order valence-electron chi connectivity index (χ1n) is 6.87. The van der Waals surface area contributed by atoms with Crippen LogP contribution in [0, 0.1) is 0 Å². The van der Waals surface area contributed by atoms with Gasteiger partial charge in [0.15, 0.2) is 0 Å².